The van der Waals surface area contributed by atoms with Gasteiger partial charge in [0.25, 0.3) is 0 Å². The fourth-order valence-electron chi connectivity index (χ4n) is 1.98. The fourth-order valence-corrected chi connectivity index (χ4v) is 1.98. The zero-order valence-electron chi connectivity index (χ0n) is 12.4. The van der Waals surface area contributed by atoms with E-state index in [0.29, 0.717) is 24.6 Å². The molecule has 1 saturated carbocycles. The first kappa shape index (κ1) is 15.5. The third-order valence-electron chi connectivity index (χ3n) is 3.63. The van der Waals surface area contributed by atoms with Crippen LogP contribution in [-0.4, -0.2) is 18.4 Å². The maximum atomic E-state index is 11.8. The molecule has 1 unspecified atom stereocenters. The lowest BCUT2D eigenvalue weighted by atomic mass is 10.1. The summed E-state index contributed by atoms with van der Waals surface area (Å²) in [5.74, 6) is 0.553. The number of nitrogens with one attached hydrogen (secondary N) is 2. The number of rotatable bonds is 7. The van der Waals surface area contributed by atoms with Crippen LogP contribution in [0.2, 0.25) is 0 Å². The van der Waals surface area contributed by atoms with Gasteiger partial charge in [0.1, 0.15) is 0 Å². The molecule has 0 radical (unpaired) electrons. The predicted molar refractivity (Wildman–Crippen MR) is 83.9 cm³/mol. The van der Waals surface area contributed by atoms with Gasteiger partial charge >= 0.3 is 0 Å². The van der Waals surface area contributed by atoms with Crippen molar-refractivity contribution in [3.8, 4) is 0 Å². The van der Waals surface area contributed by atoms with Crippen LogP contribution in [0, 0.1) is 11.8 Å². The Bertz CT molecular complexity index is 512. The van der Waals surface area contributed by atoms with Gasteiger partial charge in [0, 0.05) is 23.7 Å². The summed E-state index contributed by atoms with van der Waals surface area (Å²) >= 11 is 0. The van der Waals surface area contributed by atoms with Gasteiger partial charge in [-0.05, 0) is 49.9 Å². The maximum Gasteiger partial charge on any atom is 0.227 e. The van der Waals surface area contributed by atoms with Crippen LogP contribution in [0.25, 0.3) is 0 Å². The summed E-state index contributed by atoms with van der Waals surface area (Å²) in [4.78, 5) is 23.6. The molecule has 0 bridgehead atoms. The van der Waals surface area contributed by atoms with Crippen LogP contribution < -0.4 is 16.4 Å². The van der Waals surface area contributed by atoms with E-state index < -0.39 is 0 Å². The average molecular weight is 289 g/mol. The number of hydrogen-bond acceptors (Lipinski definition) is 3. The van der Waals surface area contributed by atoms with Crippen LogP contribution in [0.4, 0.5) is 11.4 Å². The first-order chi connectivity index (χ1) is 10.1. The van der Waals surface area contributed by atoms with Crippen molar-refractivity contribution < 1.29 is 9.59 Å². The Labute approximate surface area is 125 Å². The van der Waals surface area contributed by atoms with E-state index in [1.807, 2.05) is 25.1 Å². The van der Waals surface area contributed by atoms with Crippen molar-refractivity contribution in [3.05, 3.63) is 24.3 Å². The van der Waals surface area contributed by atoms with Gasteiger partial charge in [0.2, 0.25) is 11.8 Å². The number of carbonyl (C=O) groups is 2. The van der Waals surface area contributed by atoms with Crippen LogP contribution in [0.15, 0.2) is 24.3 Å². The van der Waals surface area contributed by atoms with E-state index in [1.165, 1.54) is 0 Å². The second kappa shape index (κ2) is 7.22. The molecule has 0 spiro atoms. The molecule has 0 saturated heterocycles. The van der Waals surface area contributed by atoms with Gasteiger partial charge in [-0.1, -0.05) is 13.0 Å². The lowest BCUT2D eigenvalue weighted by Gasteiger charge is -2.10. The second-order valence-electron chi connectivity index (χ2n) is 5.77. The summed E-state index contributed by atoms with van der Waals surface area (Å²) in [5.41, 5.74) is 6.96. The van der Waals surface area contributed by atoms with Crippen molar-refractivity contribution in [3.63, 3.8) is 0 Å². The minimum absolute atomic E-state index is 0.0269. The Balaban J connectivity index is 1.85. The quantitative estimate of drug-likeness (QED) is 0.720. The van der Waals surface area contributed by atoms with Gasteiger partial charge in [0.15, 0.2) is 0 Å². The van der Waals surface area contributed by atoms with Gasteiger partial charge in [-0.25, -0.2) is 0 Å². The van der Waals surface area contributed by atoms with Gasteiger partial charge in [-0.3, -0.25) is 9.59 Å². The van der Waals surface area contributed by atoms with Crippen molar-refractivity contribution in [2.45, 2.75) is 32.6 Å². The highest BCUT2D eigenvalue weighted by molar-refractivity contribution is 5.95. The highest BCUT2D eigenvalue weighted by Gasteiger charge is 2.29. The Morgan fingerprint density at radius 1 is 1.29 bits per heavy atom. The van der Waals surface area contributed by atoms with Crippen molar-refractivity contribution in [1.82, 2.24) is 0 Å². The number of nitrogens with two attached hydrogens (primary N) is 1. The molecule has 0 aromatic heterocycles. The first-order valence-corrected chi connectivity index (χ1v) is 7.49. The Morgan fingerprint density at radius 2 is 1.95 bits per heavy atom. The molecule has 1 aromatic carbocycles. The maximum absolute atomic E-state index is 11.8. The molecule has 1 aliphatic rings. The summed E-state index contributed by atoms with van der Waals surface area (Å²) in [5, 5.41) is 5.72. The molecular formula is C16H23N3O2. The van der Waals surface area contributed by atoms with E-state index in [0.717, 1.165) is 24.9 Å². The van der Waals surface area contributed by atoms with Crippen molar-refractivity contribution >= 4 is 23.2 Å². The molecule has 114 valence electrons. The first-order valence-electron chi connectivity index (χ1n) is 7.49. The molecule has 2 rings (SSSR count). The highest BCUT2D eigenvalue weighted by atomic mass is 16.2. The van der Waals surface area contributed by atoms with Crippen LogP contribution in [0.3, 0.4) is 0 Å². The number of hydrogen-bond donors (Lipinski definition) is 3. The minimum Gasteiger partial charge on any atom is -0.330 e. The molecule has 5 heteroatoms. The zero-order valence-corrected chi connectivity index (χ0v) is 12.4. The van der Waals surface area contributed by atoms with E-state index in [4.69, 9.17) is 5.73 Å². The smallest absolute Gasteiger partial charge is 0.227 e. The van der Waals surface area contributed by atoms with Crippen molar-refractivity contribution in [2.24, 2.45) is 17.6 Å². The largest absolute Gasteiger partial charge is 0.330 e. The number of anilines is 2. The Morgan fingerprint density at radius 3 is 2.57 bits per heavy atom. The lowest BCUT2D eigenvalue weighted by molar-refractivity contribution is -0.117. The third-order valence-corrected chi connectivity index (χ3v) is 3.63. The van der Waals surface area contributed by atoms with Crippen LogP contribution >= 0.6 is 0 Å². The molecule has 4 N–H and O–H groups in total. The van der Waals surface area contributed by atoms with Gasteiger partial charge in [-0.2, -0.15) is 0 Å². The molecule has 1 aromatic rings. The lowest BCUT2D eigenvalue weighted by Crippen LogP contribution is -2.17. The minimum atomic E-state index is -0.0269. The summed E-state index contributed by atoms with van der Waals surface area (Å²) in [6, 6.07) is 7.24. The van der Waals surface area contributed by atoms with E-state index >= 15 is 0 Å². The van der Waals surface area contributed by atoms with E-state index in [-0.39, 0.29) is 17.7 Å². The standard InChI is InChI=1S/C16H23N3O2/c1-11(10-17)5-8-15(20)18-13-3-2-4-14(9-13)19-16(21)12-6-7-12/h2-4,9,11-12H,5-8,10,17H2,1H3,(H,18,20)(H,19,21). The number of amides is 2. The molecule has 1 aliphatic carbocycles. The summed E-state index contributed by atoms with van der Waals surface area (Å²) < 4.78 is 0. The van der Waals surface area contributed by atoms with E-state index in [2.05, 4.69) is 10.6 Å². The van der Waals surface area contributed by atoms with Crippen LogP contribution in [0.5, 0.6) is 0 Å². The van der Waals surface area contributed by atoms with Crippen molar-refractivity contribution in [1.29, 1.82) is 0 Å². The van der Waals surface area contributed by atoms with Gasteiger partial charge < -0.3 is 16.4 Å². The SMILES string of the molecule is CC(CN)CCC(=O)Nc1cccc(NC(=O)C2CC2)c1. The monoisotopic (exact) mass is 289 g/mol. The Kier molecular flexibility index (Phi) is 5.33. The number of carbonyl (C=O) groups excluding carboxylic acids is 2. The fraction of sp³-hybridized carbons (Fsp3) is 0.500. The molecular weight excluding hydrogens is 266 g/mol. The van der Waals surface area contributed by atoms with Gasteiger partial charge in [-0.15, -0.1) is 0 Å². The zero-order chi connectivity index (χ0) is 15.2. The molecule has 0 aliphatic heterocycles. The van der Waals surface area contributed by atoms with E-state index in [9.17, 15) is 9.59 Å². The summed E-state index contributed by atoms with van der Waals surface area (Å²) in [6.07, 6.45) is 3.18. The second-order valence-corrected chi connectivity index (χ2v) is 5.77. The van der Waals surface area contributed by atoms with Crippen LogP contribution in [0.1, 0.15) is 32.6 Å². The normalized spacial score (nSPS) is 15.3. The third kappa shape index (κ3) is 5.19. The average Bonchev–Trinajstić information content (AvgIpc) is 3.29. The Hall–Kier alpha value is -1.88. The predicted octanol–water partition coefficient (Wildman–Crippen LogP) is 2.35. The van der Waals surface area contributed by atoms with Crippen molar-refractivity contribution in [2.75, 3.05) is 17.2 Å². The molecule has 21 heavy (non-hydrogen) atoms. The molecule has 1 atom stereocenters. The molecule has 1 fully saturated rings. The topological polar surface area (TPSA) is 84.2 Å². The highest BCUT2D eigenvalue weighted by Crippen LogP contribution is 2.30. The summed E-state index contributed by atoms with van der Waals surface area (Å²) in [6.45, 7) is 2.62. The van der Waals surface area contributed by atoms with Gasteiger partial charge in [0.05, 0.1) is 0 Å². The molecule has 5 nitrogen and oxygen atoms in total. The molecule has 0 heterocycles. The van der Waals surface area contributed by atoms with E-state index in [1.54, 1.807) is 6.07 Å². The summed E-state index contributed by atoms with van der Waals surface area (Å²) in [7, 11) is 0. The number of benzene rings is 1. The van der Waals surface area contributed by atoms with Crippen LogP contribution in [-0.2, 0) is 9.59 Å². The molecule has 2 amide bonds.